The highest BCUT2D eigenvalue weighted by molar-refractivity contribution is 7.92. The predicted molar refractivity (Wildman–Crippen MR) is 115 cm³/mol. The number of nitrogens with one attached hydrogen (secondary N) is 2. The van der Waals surface area contributed by atoms with Crippen molar-refractivity contribution in [3.05, 3.63) is 76.2 Å². The summed E-state index contributed by atoms with van der Waals surface area (Å²) >= 11 is 0.961. The van der Waals surface area contributed by atoms with E-state index in [-0.39, 0.29) is 10.4 Å². The molecule has 3 rings (SSSR count). The predicted octanol–water partition coefficient (Wildman–Crippen LogP) is 5.57. The van der Waals surface area contributed by atoms with Gasteiger partial charge in [0.05, 0.1) is 22.7 Å². The number of benzene rings is 2. The van der Waals surface area contributed by atoms with Crippen LogP contribution in [0.15, 0.2) is 48.5 Å². The number of amides is 1. The average Bonchev–Trinajstić information content (AvgIpc) is 3.20. The first-order chi connectivity index (χ1) is 15.2. The van der Waals surface area contributed by atoms with Gasteiger partial charge in [-0.15, -0.1) is 11.3 Å². The van der Waals surface area contributed by atoms with Crippen molar-refractivity contribution in [1.29, 1.82) is 0 Å². The second kappa shape index (κ2) is 9.10. The summed E-state index contributed by atoms with van der Waals surface area (Å²) in [5.41, 5.74) is -1.30. The van der Waals surface area contributed by atoms with Crippen LogP contribution in [-0.4, -0.2) is 20.6 Å². The van der Waals surface area contributed by atoms with E-state index < -0.39 is 51.0 Å². The smallest absolute Gasteiger partial charge is 0.345 e. The Labute approximate surface area is 190 Å². The van der Waals surface area contributed by atoms with Gasteiger partial charge < -0.3 is 5.32 Å². The number of rotatable bonds is 6. The zero-order valence-corrected chi connectivity index (χ0v) is 18.8. The molecule has 0 saturated carbocycles. The summed E-state index contributed by atoms with van der Waals surface area (Å²) in [7, 11) is -3.90. The van der Waals surface area contributed by atoms with Gasteiger partial charge in [0.2, 0.25) is 10.0 Å². The number of sulfonamides is 1. The largest absolute Gasteiger partial charge is 0.416 e. The van der Waals surface area contributed by atoms with Gasteiger partial charge in [0.1, 0.15) is 5.69 Å². The Hall–Kier alpha value is -2.99. The van der Waals surface area contributed by atoms with Crippen molar-refractivity contribution in [2.45, 2.75) is 19.1 Å². The number of hydrogen-bond donors (Lipinski definition) is 2. The molecule has 2 N–H and O–H groups in total. The SMILES string of the molecule is CC(NC(=O)c1ccc(-c2cccc(C(F)(F)F)c2)s1)c1cc(F)c(NS(C)(=O)=O)c(F)c1. The van der Waals surface area contributed by atoms with Crippen molar-refractivity contribution in [3.8, 4) is 10.4 Å². The minimum absolute atomic E-state index is 0.0482. The van der Waals surface area contributed by atoms with Crippen LogP contribution < -0.4 is 10.0 Å². The van der Waals surface area contributed by atoms with Gasteiger partial charge in [-0.2, -0.15) is 13.2 Å². The minimum Gasteiger partial charge on any atom is -0.345 e. The average molecular weight is 505 g/mol. The normalized spacial score (nSPS) is 12.9. The number of carbonyl (C=O) groups excluding carboxylic acids is 1. The maximum absolute atomic E-state index is 14.2. The van der Waals surface area contributed by atoms with E-state index in [2.05, 4.69) is 5.32 Å². The third-order valence-corrected chi connectivity index (χ3v) is 6.21. The Morgan fingerprint density at radius 1 is 1.03 bits per heavy atom. The summed E-state index contributed by atoms with van der Waals surface area (Å²) < 4.78 is 91.5. The van der Waals surface area contributed by atoms with Crippen LogP contribution in [0.1, 0.15) is 33.8 Å². The number of alkyl halides is 3. The first kappa shape index (κ1) is 24.6. The molecular weight excluding hydrogens is 487 g/mol. The van der Waals surface area contributed by atoms with E-state index in [1.807, 2.05) is 0 Å². The lowest BCUT2D eigenvalue weighted by molar-refractivity contribution is -0.137. The second-order valence-corrected chi connectivity index (χ2v) is 10.0. The molecule has 12 heteroatoms. The first-order valence-electron chi connectivity index (χ1n) is 9.29. The minimum atomic E-state index is -4.50. The van der Waals surface area contributed by atoms with E-state index in [0.717, 1.165) is 41.9 Å². The molecule has 1 atom stereocenters. The maximum atomic E-state index is 14.2. The van der Waals surface area contributed by atoms with Gasteiger partial charge in [-0.05, 0) is 54.4 Å². The van der Waals surface area contributed by atoms with E-state index in [1.165, 1.54) is 31.2 Å². The van der Waals surface area contributed by atoms with Crippen molar-refractivity contribution in [2.75, 3.05) is 11.0 Å². The van der Waals surface area contributed by atoms with E-state index in [0.29, 0.717) is 10.4 Å². The van der Waals surface area contributed by atoms with Gasteiger partial charge in [-0.25, -0.2) is 17.2 Å². The number of thiophene rings is 1. The number of anilines is 1. The van der Waals surface area contributed by atoms with Crippen LogP contribution in [0.2, 0.25) is 0 Å². The van der Waals surface area contributed by atoms with Crippen LogP contribution in [0.3, 0.4) is 0 Å². The lowest BCUT2D eigenvalue weighted by Crippen LogP contribution is -2.26. The zero-order chi connectivity index (χ0) is 24.6. The molecule has 0 fully saturated rings. The summed E-state index contributed by atoms with van der Waals surface area (Å²) in [5.74, 6) is -2.90. The van der Waals surface area contributed by atoms with Crippen LogP contribution in [0.5, 0.6) is 0 Å². The molecule has 0 aliphatic carbocycles. The summed E-state index contributed by atoms with van der Waals surface area (Å²) in [4.78, 5) is 13.2. The number of hydrogen-bond acceptors (Lipinski definition) is 4. The van der Waals surface area contributed by atoms with Crippen molar-refractivity contribution in [2.24, 2.45) is 0 Å². The molecular formula is C21H17F5N2O3S2. The molecule has 1 amide bonds. The van der Waals surface area contributed by atoms with Gasteiger partial charge in [-0.1, -0.05) is 12.1 Å². The molecule has 1 aromatic heterocycles. The molecule has 3 aromatic rings. The second-order valence-electron chi connectivity index (χ2n) is 7.17. The Morgan fingerprint density at radius 2 is 1.67 bits per heavy atom. The first-order valence-corrected chi connectivity index (χ1v) is 12.0. The molecule has 0 saturated heterocycles. The van der Waals surface area contributed by atoms with Crippen molar-refractivity contribution in [1.82, 2.24) is 5.32 Å². The summed E-state index contributed by atoms with van der Waals surface area (Å²) in [5, 5.41) is 2.55. The maximum Gasteiger partial charge on any atom is 0.416 e. The molecule has 1 heterocycles. The van der Waals surface area contributed by atoms with E-state index >= 15 is 0 Å². The van der Waals surface area contributed by atoms with E-state index in [1.54, 1.807) is 4.72 Å². The van der Waals surface area contributed by atoms with Crippen LogP contribution >= 0.6 is 11.3 Å². The fourth-order valence-corrected chi connectivity index (χ4v) is 4.41. The van der Waals surface area contributed by atoms with Crippen molar-refractivity contribution < 1.29 is 35.2 Å². The third kappa shape index (κ3) is 6.08. The van der Waals surface area contributed by atoms with Crippen LogP contribution in [-0.2, 0) is 16.2 Å². The van der Waals surface area contributed by atoms with Crippen LogP contribution in [0.25, 0.3) is 10.4 Å². The topological polar surface area (TPSA) is 75.3 Å². The van der Waals surface area contributed by atoms with Gasteiger partial charge in [0, 0.05) is 4.88 Å². The lowest BCUT2D eigenvalue weighted by atomic mass is 10.1. The van der Waals surface area contributed by atoms with Gasteiger partial charge in [-0.3, -0.25) is 9.52 Å². The third-order valence-electron chi connectivity index (χ3n) is 4.50. The quantitative estimate of drug-likeness (QED) is 0.431. The Morgan fingerprint density at radius 3 is 2.24 bits per heavy atom. The van der Waals surface area contributed by atoms with Crippen molar-refractivity contribution >= 4 is 33.0 Å². The summed E-state index contributed by atoms with van der Waals surface area (Å²) in [6.45, 7) is 1.47. The zero-order valence-electron chi connectivity index (χ0n) is 17.1. The van der Waals surface area contributed by atoms with Gasteiger partial charge in [0.25, 0.3) is 5.91 Å². The van der Waals surface area contributed by atoms with Crippen LogP contribution in [0, 0.1) is 11.6 Å². The Kier molecular flexibility index (Phi) is 6.80. The highest BCUT2D eigenvalue weighted by Gasteiger charge is 2.30. The molecule has 1 unspecified atom stereocenters. The molecule has 0 aliphatic heterocycles. The van der Waals surface area contributed by atoms with E-state index in [4.69, 9.17) is 0 Å². The number of halogens is 5. The molecule has 2 aromatic carbocycles. The van der Waals surface area contributed by atoms with Gasteiger partial charge >= 0.3 is 6.18 Å². The fraction of sp³-hybridized carbons (Fsp3) is 0.190. The van der Waals surface area contributed by atoms with Crippen LogP contribution in [0.4, 0.5) is 27.6 Å². The lowest BCUT2D eigenvalue weighted by Gasteiger charge is -2.16. The van der Waals surface area contributed by atoms with Gasteiger partial charge in [0.15, 0.2) is 11.6 Å². The molecule has 0 spiro atoms. The monoisotopic (exact) mass is 504 g/mol. The summed E-state index contributed by atoms with van der Waals surface area (Å²) in [6.07, 6.45) is -3.75. The Balaban J connectivity index is 1.77. The molecule has 0 aliphatic rings. The van der Waals surface area contributed by atoms with E-state index in [9.17, 15) is 35.2 Å². The molecule has 5 nitrogen and oxygen atoms in total. The number of carbonyl (C=O) groups is 1. The Bertz CT molecular complexity index is 1280. The highest BCUT2D eigenvalue weighted by atomic mass is 32.2. The molecule has 176 valence electrons. The summed E-state index contributed by atoms with van der Waals surface area (Å²) in [6, 6.07) is 8.55. The molecule has 0 radical (unpaired) electrons. The molecule has 33 heavy (non-hydrogen) atoms. The standard InChI is InChI=1S/C21H17F5N2O3S2/c1-11(13-9-15(22)19(16(23)10-13)28-33(2,30)31)27-20(29)18-7-6-17(32-18)12-4-3-5-14(8-12)21(24,25)26/h3-11,28H,1-2H3,(H,27,29). The molecule has 0 bridgehead atoms. The highest BCUT2D eigenvalue weighted by Crippen LogP contribution is 2.34. The fourth-order valence-electron chi connectivity index (χ4n) is 2.94. The van der Waals surface area contributed by atoms with Crippen molar-refractivity contribution in [3.63, 3.8) is 0 Å².